The van der Waals surface area contributed by atoms with Crippen LogP contribution in [0.1, 0.15) is 18.1 Å². The molecule has 0 saturated heterocycles. The van der Waals surface area contributed by atoms with E-state index in [0.717, 1.165) is 27.8 Å². The Morgan fingerprint density at radius 2 is 1.83 bits per heavy atom. The molecule has 1 N–H and O–H groups in total. The molecular weight excluding hydrogens is 398 g/mol. The Balaban J connectivity index is 2.41. The Kier molecular flexibility index (Phi) is 6.48. The molecule has 0 bridgehead atoms. The number of nitrogens with zero attached hydrogens (tertiary/aromatic N) is 2. The molecule has 1 amide bonds. The Hall–Kier alpha value is -3.14. The average molecular weight is 421 g/mol. The minimum absolute atomic E-state index is 0.0760. The number of anilines is 2. The number of nitrogens with one attached hydrogen (secondary N) is 1. The van der Waals surface area contributed by atoms with Gasteiger partial charge in [0.25, 0.3) is 5.69 Å². The second-order valence-corrected chi connectivity index (χ2v) is 8.49. The molecule has 2 rings (SSSR count). The minimum Gasteiger partial charge on any atom is -0.495 e. The molecule has 2 aromatic rings. The van der Waals surface area contributed by atoms with Crippen molar-refractivity contribution < 1.29 is 22.9 Å². The summed E-state index contributed by atoms with van der Waals surface area (Å²) in [5.74, 6) is -0.444. The van der Waals surface area contributed by atoms with E-state index in [1.165, 1.54) is 26.2 Å². The molecule has 1 unspecified atom stereocenters. The van der Waals surface area contributed by atoms with Crippen molar-refractivity contribution in [3.63, 3.8) is 0 Å². The number of amides is 1. The average Bonchev–Trinajstić information content (AvgIpc) is 2.63. The van der Waals surface area contributed by atoms with Gasteiger partial charge < -0.3 is 10.1 Å². The monoisotopic (exact) mass is 421 g/mol. The molecule has 0 aliphatic carbocycles. The highest BCUT2D eigenvalue weighted by atomic mass is 32.2. The van der Waals surface area contributed by atoms with Crippen LogP contribution in [0.15, 0.2) is 36.4 Å². The summed E-state index contributed by atoms with van der Waals surface area (Å²) in [5, 5.41) is 13.6. The lowest BCUT2D eigenvalue weighted by Crippen LogP contribution is -2.45. The Morgan fingerprint density at radius 1 is 1.17 bits per heavy atom. The number of non-ortho nitro benzene ring substituents is 1. The summed E-state index contributed by atoms with van der Waals surface area (Å²) in [5.41, 5.74) is 2.06. The molecule has 0 radical (unpaired) electrons. The highest BCUT2D eigenvalue weighted by Crippen LogP contribution is 2.30. The van der Waals surface area contributed by atoms with Crippen LogP contribution >= 0.6 is 0 Å². The number of hydrogen-bond donors (Lipinski definition) is 1. The molecule has 9 nitrogen and oxygen atoms in total. The topological polar surface area (TPSA) is 119 Å². The SMILES string of the molecule is COc1ccc([N+](=O)[O-])cc1NC(=O)C(C)N(c1ccc(C)c(C)c1)S(C)(=O)=O. The Bertz CT molecular complexity index is 1050. The van der Waals surface area contributed by atoms with Gasteiger partial charge >= 0.3 is 0 Å². The first-order chi connectivity index (χ1) is 13.5. The minimum atomic E-state index is -3.79. The first kappa shape index (κ1) is 22.2. The van der Waals surface area contributed by atoms with Gasteiger partial charge in [0, 0.05) is 12.1 Å². The largest absolute Gasteiger partial charge is 0.495 e. The van der Waals surface area contributed by atoms with Crippen LogP contribution in [-0.4, -0.2) is 38.7 Å². The van der Waals surface area contributed by atoms with E-state index in [1.807, 2.05) is 13.8 Å². The van der Waals surface area contributed by atoms with Crippen LogP contribution in [-0.2, 0) is 14.8 Å². The lowest BCUT2D eigenvalue weighted by atomic mass is 10.1. The number of methoxy groups -OCH3 is 1. The van der Waals surface area contributed by atoms with Gasteiger partial charge in [0.1, 0.15) is 11.8 Å². The molecule has 0 aliphatic rings. The Labute approximate surface area is 169 Å². The number of carbonyl (C=O) groups is 1. The Morgan fingerprint density at radius 3 is 2.34 bits per heavy atom. The number of nitro groups is 1. The van der Waals surface area contributed by atoms with Crippen LogP contribution < -0.4 is 14.4 Å². The quantitative estimate of drug-likeness (QED) is 0.542. The number of benzene rings is 2. The molecule has 0 heterocycles. The molecule has 156 valence electrons. The highest BCUT2D eigenvalue weighted by molar-refractivity contribution is 7.92. The lowest BCUT2D eigenvalue weighted by Gasteiger charge is -2.28. The van der Waals surface area contributed by atoms with Gasteiger partial charge in [-0.25, -0.2) is 8.42 Å². The first-order valence-corrected chi connectivity index (χ1v) is 10.5. The van der Waals surface area contributed by atoms with Crippen molar-refractivity contribution >= 4 is 33.0 Å². The zero-order valence-corrected chi connectivity index (χ0v) is 17.6. The van der Waals surface area contributed by atoms with Gasteiger partial charge in [0.2, 0.25) is 15.9 Å². The summed E-state index contributed by atoms with van der Waals surface area (Å²) in [6.45, 7) is 5.18. The maximum atomic E-state index is 12.8. The van der Waals surface area contributed by atoms with Crippen molar-refractivity contribution in [2.75, 3.05) is 23.0 Å². The smallest absolute Gasteiger partial charge is 0.271 e. The number of carbonyl (C=O) groups excluding carboxylic acids is 1. The van der Waals surface area contributed by atoms with Crippen molar-refractivity contribution in [1.29, 1.82) is 0 Å². The lowest BCUT2D eigenvalue weighted by molar-refractivity contribution is -0.384. The molecule has 2 aromatic carbocycles. The maximum Gasteiger partial charge on any atom is 0.271 e. The normalized spacial score (nSPS) is 12.2. The van der Waals surface area contributed by atoms with E-state index in [4.69, 9.17) is 4.74 Å². The number of ether oxygens (including phenoxy) is 1. The van der Waals surface area contributed by atoms with Crippen molar-refractivity contribution in [1.82, 2.24) is 0 Å². The second kappa shape index (κ2) is 8.48. The van der Waals surface area contributed by atoms with Crippen LogP contribution in [0.5, 0.6) is 5.75 Å². The van der Waals surface area contributed by atoms with Crippen molar-refractivity contribution in [3.05, 3.63) is 57.6 Å². The zero-order chi connectivity index (χ0) is 21.9. The van der Waals surface area contributed by atoms with Gasteiger partial charge in [0.05, 0.1) is 29.7 Å². The number of nitro benzene ring substituents is 1. The first-order valence-electron chi connectivity index (χ1n) is 8.65. The van der Waals surface area contributed by atoms with Gasteiger partial charge in [-0.2, -0.15) is 0 Å². The molecule has 0 aliphatic heterocycles. The summed E-state index contributed by atoms with van der Waals surface area (Å²) >= 11 is 0. The van der Waals surface area contributed by atoms with Crippen LogP contribution in [0.25, 0.3) is 0 Å². The summed E-state index contributed by atoms with van der Waals surface area (Å²) in [4.78, 5) is 23.3. The predicted octanol–water partition coefficient (Wildman–Crippen LogP) is 3.01. The van der Waals surface area contributed by atoms with Crippen molar-refractivity contribution in [2.24, 2.45) is 0 Å². The van der Waals surface area contributed by atoms with Gasteiger partial charge in [-0.05, 0) is 50.1 Å². The molecule has 29 heavy (non-hydrogen) atoms. The zero-order valence-electron chi connectivity index (χ0n) is 16.8. The number of sulfonamides is 1. The van der Waals surface area contributed by atoms with Crippen LogP contribution in [0.4, 0.5) is 17.1 Å². The second-order valence-electron chi connectivity index (χ2n) is 6.63. The fourth-order valence-electron chi connectivity index (χ4n) is 2.82. The van der Waals surface area contributed by atoms with E-state index in [0.29, 0.717) is 5.69 Å². The summed E-state index contributed by atoms with van der Waals surface area (Å²) in [7, 11) is -2.43. The molecule has 0 spiro atoms. The third kappa shape index (κ3) is 5.02. The van der Waals surface area contributed by atoms with Gasteiger partial charge in [-0.3, -0.25) is 19.2 Å². The van der Waals surface area contributed by atoms with E-state index in [-0.39, 0.29) is 17.1 Å². The third-order valence-electron chi connectivity index (χ3n) is 4.49. The standard InChI is InChI=1S/C19H23N3O6S/c1-12-6-7-15(10-13(12)2)21(29(5,26)27)14(3)19(23)20-17-11-16(22(24)25)8-9-18(17)28-4/h6-11,14H,1-5H3,(H,20,23). The molecule has 0 saturated carbocycles. The molecule has 1 atom stereocenters. The van der Waals surface area contributed by atoms with Gasteiger partial charge in [-0.15, -0.1) is 0 Å². The van der Waals surface area contributed by atoms with Gasteiger partial charge in [0.15, 0.2) is 0 Å². The predicted molar refractivity (Wildman–Crippen MR) is 111 cm³/mol. The maximum absolute atomic E-state index is 12.8. The fraction of sp³-hybridized carbons (Fsp3) is 0.316. The van der Waals surface area contributed by atoms with Crippen LogP contribution in [0.3, 0.4) is 0 Å². The van der Waals surface area contributed by atoms with Crippen LogP contribution in [0, 0.1) is 24.0 Å². The highest BCUT2D eigenvalue weighted by Gasteiger charge is 2.30. The van der Waals surface area contributed by atoms with E-state index >= 15 is 0 Å². The fourth-order valence-corrected chi connectivity index (χ4v) is 3.98. The third-order valence-corrected chi connectivity index (χ3v) is 5.73. The van der Waals surface area contributed by atoms with Crippen LogP contribution in [0.2, 0.25) is 0 Å². The number of rotatable bonds is 7. The molecule has 0 fully saturated rings. The van der Waals surface area contributed by atoms with E-state index < -0.39 is 26.9 Å². The van der Waals surface area contributed by atoms with E-state index in [2.05, 4.69) is 5.32 Å². The van der Waals surface area contributed by atoms with E-state index in [1.54, 1.807) is 18.2 Å². The molecule has 0 aromatic heterocycles. The molecule has 10 heteroatoms. The van der Waals surface area contributed by atoms with Crippen molar-refractivity contribution in [3.8, 4) is 5.75 Å². The number of hydrogen-bond acceptors (Lipinski definition) is 6. The summed E-state index contributed by atoms with van der Waals surface area (Å²) in [6, 6.07) is 7.73. The van der Waals surface area contributed by atoms with Gasteiger partial charge in [-0.1, -0.05) is 6.07 Å². The van der Waals surface area contributed by atoms with Crippen molar-refractivity contribution in [2.45, 2.75) is 26.8 Å². The summed E-state index contributed by atoms with van der Waals surface area (Å²) < 4.78 is 31.0. The summed E-state index contributed by atoms with van der Waals surface area (Å²) in [6.07, 6.45) is 1.01. The molecular formula is C19H23N3O6S. The number of aryl methyl sites for hydroxylation is 2. The van der Waals surface area contributed by atoms with E-state index in [9.17, 15) is 23.3 Å².